The van der Waals surface area contributed by atoms with Crippen molar-refractivity contribution in [2.24, 2.45) is 0 Å². The summed E-state index contributed by atoms with van der Waals surface area (Å²) in [6.07, 6.45) is 1.53. The molecule has 2 N–H and O–H groups in total. The molecule has 2 aromatic carbocycles. The second-order valence-electron chi connectivity index (χ2n) is 7.19. The van der Waals surface area contributed by atoms with Crippen molar-refractivity contribution in [1.82, 2.24) is 4.90 Å². The number of carbonyl (C=O) groups excluding carboxylic acids is 2. The first kappa shape index (κ1) is 19.5. The molecule has 2 unspecified atom stereocenters. The van der Waals surface area contributed by atoms with Gasteiger partial charge in [0.15, 0.2) is 0 Å². The monoisotopic (exact) mass is 413 g/mol. The smallest absolute Gasteiger partial charge is 0.295 e. The molecule has 0 spiro atoms. The van der Waals surface area contributed by atoms with Crippen molar-refractivity contribution in [2.45, 2.75) is 25.0 Å². The Kier molecular flexibility index (Phi) is 5.30. The lowest BCUT2D eigenvalue weighted by atomic mass is 9.95. The number of aliphatic hydroxyl groups excluding tert-OH is 1. The molecule has 1 amide bonds. The van der Waals surface area contributed by atoms with E-state index in [2.05, 4.69) is 0 Å². The highest BCUT2D eigenvalue weighted by molar-refractivity contribution is 6.46. The van der Waals surface area contributed by atoms with E-state index in [4.69, 9.17) is 16.3 Å². The maximum Gasteiger partial charge on any atom is 0.295 e. The van der Waals surface area contributed by atoms with Crippen molar-refractivity contribution in [1.29, 1.82) is 0 Å². The zero-order valence-corrected chi connectivity index (χ0v) is 16.3. The number of aliphatic hydroxyl groups is 1. The number of aromatic hydroxyl groups is 1. The van der Waals surface area contributed by atoms with E-state index >= 15 is 0 Å². The van der Waals surface area contributed by atoms with Crippen LogP contribution in [0.4, 0.5) is 0 Å². The Hall–Kier alpha value is -2.83. The fraction of sp³-hybridized carbons (Fsp3) is 0.273. The van der Waals surface area contributed by atoms with Crippen LogP contribution >= 0.6 is 11.6 Å². The van der Waals surface area contributed by atoms with Crippen LogP contribution in [0.3, 0.4) is 0 Å². The summed E-state index contributed by atoms with van der Waals surface area (Å²) in [5.41, 5.74) is 0.910. The fourth-order valence-corrected chi connectivity index (χ4v) is 4.01. The highest BCUT2D eigenvalue weighted by Gasteiger charge is 2.47. The Morgan fingerprint density at radius 3 is 2.59 bits per heavy atom. The van der Waals surface area contributed by atoms with Crippen molar-refractivity contribution in [2.75, 3.05) is 13.2 Å². The normalized spacial score (nSPS) is 23.7. The van der Waals surface area contributed by atoms with Gasteiger partial charge in [-0.2, -0.15) is 0 Å². The molecule has 2 aromatic rings. The first-order chi connectivity index (χ1) is 14.0. The lowest BCUT2D eigenvalue weighted by molar-refractivity contribution is -0.140. The summed E-state index contributed by atoms with van der Waals surface area (Å²) >= 11 is 5.92. The standard InChI is InChI=1S/C22H20ClNO5/c23-15-8-6-13(7-9-15)20(26)18-19(14-3-1-4-16(25)11-14)24(22(28)21(18)27)12-17-5-2-10-29-17/h1,3-4,6-9,11,17,19,25-26H,2,5,10,12H2/b20-18+. The van der Waals surface area contributed by atoms with E-state index in [-0.39, 0.29) is 29.7 Å². The third kappa shape index (κ3) is 3.73. The van der Waals surface area contributed by atoms with Crippen molar-refractivity contribution >= 4 is 29.1 Å². The number of carbonyl (C=O) groups is 2. The van der Waals surface area contributed by atoms with Crippen LogP contribution in [-0.4, -0.2) is 46.1 Å². The molecule has 2 aliphatic heterocycles. The minimum Gasteiger partial charge on any atom is -0.508 e. The Morgan fingerprint density at radius 2 is 1.93 bits per heavy atom. The summed E-state index contributed by atoms with van der Waals surface area (Å²) in [6, 6.07) is 11.9. The number of hydrogen-bond donors (Lipinski definition) is 2. The lowest BCUT2D eigenvalue weighted by Gasteiger charge is -2.27. The van der Waals surface area contributed by atoms with E-state index in [1.807, 2.05) is 0 Å². The van der Waals surface area contributed by atoms with Gasteiger partial charge >= 0.3 is 0 Å². The van der Waals surface area contributed by atoms with Crippen LogP contribution < -0.4 is 0 Å². The number of rotatable bonds is 4. The first-order valence-corrected chi connectivity index (χ1v) is 9.78. The third-order valence-electron chi connectivity index (χ3n) is 5.27. The summed E-state index contributed by atoms with van der Waals surface area (Å²) < 4.78 is 5.65. The van der Waals surface area contributed by atoms with Crippen molar-refractivity contribution in [3.8, 4) is 5.75 Å². The van der Waals surface area contributed by atoms with Gasteiger partial charge in [0.25, 0.3) is 11.7 Å². The average Bonchev–Trinajstić information content (AvgIpc) is 3.30. The fourth-order valence-electron chi connectivity index (χ4n) is 3.88. The van der Waals surface area contributed by atoms with Crippen LogP contribution in [0.1, 0.15) is 30.0 Å². The molecule has 2 aliphatic rings. The quantitative estimate of drug-likeness (QED) is 0.454. The molecule has 0 bridgehead atoms. The molecule has 6 nitrogen and oxygen atoms in total. The van der Waals surface area contributed by atoms with Gasteiger partial charge < -0.3 is 19.8 Å². The summed E-state index contributed by atoms with van der Waals surface area (Å²) in [4.78, 5) is 27.2. The Labute approximate surface area is 173 Å². The van der Waals surface area contributed by atoms with Gasteiger partial charge in [0.05, 0.1) is 17.7 Å². The van der Waals surface area contributed by atoms with E-state index in [0.717, 1.165) is 12.8 Å². The molecule has 0 aromatic heterocycles. The first-order valence-electron chi connectivity index (χ1n) is 9.40. The second-order valence-corrected chi connectivity index (χ2v) is 7.62. The van der Waals surface area contributed by atoms with Gasteiger partial charge in [-0.25, -0.2) is 0 Å². The van der Waals surface area contributed by atoms with Crippen LogP contribution in [0.15, 0.2) is 54.1 Å². The number of likely N-dealkylation sites (tertiary alicyclic amines) is 1. The van der Waals surface area contributed by atoms with E-state index in [1.54, 1.807) is 36.4 Å². The Bertz CT molecular complexity index is 979. The average molecular weight is 414 g/mol. The van der Waals surface area contributed by atoms with Crippen molar-refractivity contribution in [3.63, 3.8) is 0 Å². The molecule has 0 radical (unpaired) electrons. The van der Waals surface area contributed by atoms with Crippen LogP contribution in [0.25, 0.3) is 5.76 Å². The summed E-state index contributed by atoms with van der Waals surface area (Å²) in [5, 5.41) is 21.4. The van der Waals surface area contributed by atoms with E-state index in [9.17, 15) is 19.8 Å². The number of amides is 1. The molecule has 2 saturated heterocycles. The second kappa shape index (κ2) is 7.89. The number of phenols is 1. The number of benzene rings is 2. The largest absolute Gasteiger partial charge is 0.508 e. The molecule has 2 fully saturated rings. The molecule has 0 aliphatic carbocycles. The number of Topliss-reactive ketones (excluding diaryl/α,β-unsaturated/α-hetero) is 1. The molecular weight excluding hydrogens is 394 g/mol. The van der Waals surface area contributed by atoms with Crippen molar-refractivity contribution < 1.29 is 24.5 Å². The maximum atomic E-state index is 12.9. The Morgan fingerprint density at radius 1 is 1.17 bits per heavy atom. The Balaban J connectivity index is 1.83. The number of ether oxygens (including phenoxy) is 1. The number of halogens is 1. The van der Waals surface area contributed by atoms with Crippen LogP contribution in [-0.2, 0) is 14.3 Å². The highest BCUT2D eigenvalue weighted by Crippen LogP contribution is 2.40. The van der Waals surface area contributed by atoms with Crippen LogP contribution in [0.5, 0.6) is 5.75 Å². The molecule has 7 heteroatoms. The van der Waals surface area contributed by atoms with Gasteiger partial charge in [0.1, 0.15) is 11.5 Å². The van der Waals surface area contributed by atoms with E-state index in [0.29, 0.717) is 22.8 Å². The van der Waals surface area contributed by atoms with Gasteiger partial charge in [-0.15, -0.1) is 0 Å². The highest BCUT2D eigenvalue weighted by atomic mass is 35.5. The van der Waals surface area contributed by atoms with Crippen LogP contribution in [0.2, 0.25) is 5.02 Å². The summed E-state index contributed by atoms with van der Waals surface area (Å²) in [5.74, 6) is -1.71. The predicted octanol–water partition coefficient (Wildman–Crippen LogP) is 3.65. The minimum absolute atomic E-state index is 0.0108. The topological polar surface area (TPSA) is 87.1 Å². The summed E-state index contributed by atoms with van der Waals surface area (Å²) in [6.45, 7) is 0.860. The molecule has 4 rings (SSSR count). The number of ketones is 1. The molecule has 29 heavy (non-hydrogen) atoms. The maximum absolute atomic E-state index is 12.9. The molecule has 150 valence electrons. The number of nitrogens with zero attached hydrogens (tertiary/aromatic N) is 1. The van der Waals surface area contributed by atoms with Gasteiger partial charge in [0.2, 0.25) is 0 Å². The number of hydrogen-bond acceptors (Lipinski definition) is 5. The SMILES string of the molecule is O=C1C(=O)N(CC2CCCO2)C(c2cccc(O)c2)/C1=C(\O)c1ccc(Cl)cc1. The zero-order valence-electron chi connectivity index (χ0n) is 15.5. The van der Waals surface area contributed by atoms with Crippen LogP contribution in [0, 0.1) is 0 Å². The lowest BCUT2D eigenvalue weighted by Crippen LogP contribution is -2.36. The van der Waals surface area contributed by atoms with Gasteiger partial charge in [0, 0.05) is 23.7 Å². The molecule has 2 atom stereocenters. The summed E-state index contributed by atoms with van der Waals surface area (Å²) in [7, 11) is 0. The van der Waals surface area contributed by atoms with Gasteiger partial charge in [-0.05, 0) is 54.8 Å². The number of phenolic OH excluding ortho intramolecular Hbond substituents is 1. The van der Waals surface area contributed by atoms with Gasteiger partial charge in [-0.1, -0.05) is 23.7 Å². The molecule has 2 heterocycles. The molecular formula is C22H20ClNO5. The third-order valence-corrected chi connectivity index (χ3v) is 5.52. The minimum atomic E-state index is -0.818. The van der Waals surface area contributed by atoms with Gasteiger partial charge in [-0.3, -0.25) is 9.59 Å². The van der Waals surface area contributed by atoms with Crippen molar-refractivity contribution in [3.05, 3.63) is 70.3 Å². The zero-order chi connectivity index (χ0) is 20.5. The van der Waals surface area contributed by atoms with E-state index < -0.39 is 17.7 Å². The van der Waals surface area contributed by atoms with E-state index in [1.165, 1.54) is 17.0 Å². The molecule has 0 saturated carbocycles. The predicted molar refractivity (Wildman–Crippen MR) is 108 cm³/mol.